The average Bonchev–Trinajstić information content (AvgIpc) is 3.27. The smallest absolute Gasteiger partial charge is 0.382 e. The van der Waals surface area contributed by atoms with E-state index in [9.17, 15) is 0 Å². The molecule has 118 valence electrons. The van der Waals surface area contributed by atoms with Crippen molar-refractivity contribution in [3.63, 3.8) is 0 Å². The molecule has 0 saturated carbocycles. The number of hydrogen-bond acceptors (Lipinski definition) is 4. The van der Waals surface area contributed by atoms with Crippen molar-refractivity contribution in [3.8, 4) is 11.4 Å². The average molecular weight is 347 g/mol. The molecule has 0 atom stereocenters. The maximum atomic E-state index is 5.88. The fourth-order valence-corrected chi connectivity index (χ4v) is 2.11. The van der Waals surface area contributed by atoms with Crippen LogP contribution in [0.1, 0.15) is 12.7 Å². The molecular formula is C17H17FeN5. The largest absolute Gasteiger partial charge is 2.00 e. The fraction of sp³-hybridized carbons (Fsp3) is 0.118. The second-order valence-electron chi connectivity index (χ2n) is 4.80. The van der Waals surface area contributed by atoms with Gasteiger partial charge in [0.1, 0.15) is 11.3 Å². The number of nitrogen functional groups attached to an aromatic ring is 1. The second kappa shape index (κ2) is 7.72. The molecule has 0 radical (unpaired) electrons. The Morgan fingerprint density at radius 3 is 2.35 bits per heavy atom. The Bertz CT molecular complexity index is 814. The minimum atomic E-state index is 0. The molecule has 4 aromatic rings. The van der Waals surface area contributed by atoms with E-state index >= 15 is 0 Å². The van der Waals surface area contributed by atoms with E-state index in [2.05, 4.69) is 19.9 Å². The summed E-state index contributed by atoms with van der Waals surface area (Å²) in [4.78, 5) is 16.2. The van der Waals surface area contributed by atoms with Crippen molar-refractivity contribution in [2.45, 2.75) is 13.3 Å². The number of aromatic nitrogens is 4. The van der Waals surface area contributed by atoms with Gasteiger partial charge in [-0.15, -0.1) is 0 Å². The van der Waals surface area contributed by atoms with Crippen molar-refractivity contribution in [1.82, 2.24) is 19.9 Å². The van der Waals surface area contributed by atoms with Crippen LogP contribution in [0.2, 0.25) is 0 Å². The van der Waals surface area contributed by atoms with E-state index in [0.717, 1.165) is 23.6 Å². The topological polar surface area (TPSA) is 80.5 Å². The monoisotopic (exact) mass is 347 g/mol. The first-order valence-corrected chi connectivity index (χ1v) is 7.18. The summed E-state index contributed by atoms with van der Waals surface area (Å²) in [6.45, 7) is 1.99. The number of fused-ring (bicyclic) bond motifs is 1. The summed E-state index contributed by atoms with van der Waals surface area (Å²) >= 11 is 0. The summed E-state index contributed by atoms with van der Waals surface area (Å²) in [5.74, 6) is 1.95. The second-order valence-corrected chi connectivity index (χ2v) is 4.80. The van der Waals surface area contributed by atoms with Gasteiger partial charge in [0.15, 0.2) is 11.5 Å². The molecule has 2 aromatic heterocycles. The molecule has 4 rings (SSSR count). The van der Waals surface area contributed by atoms with Crippen LogP contribution in [-0.4, -0.2) is 19.9 Å². The molecule has 3 N–H and O–H groups in total. The number of nitrogens with one attached hydrogen (secondary N) is 1. The fourth-order valence-electron chi connectivity index (χ4n) is 2.11. The molecule has 2 heterocycles. The number of hydrogen-bond donors (Lipinski definition) is 2. The molecule has 0 unspecified atom stereocenters. The predicted octanol–water partition coefficient (Wildman–Crippen LogP) is 3.29. The van der Waals surface area contributed by atoms with Gasteiger partial charge in [-0.05, 0) is 0 Å². The Morgan fingerprint density at radius 1 is 1.09 bits per heavy atom. The number of H-pyrrole nitrogens is 1. The molecule has 23 heavy (non-hydrogen) atoms. The third kappa shape index (κ3) is 3.86. The number of rotatable bonds is 2. The third-order valence-corrected chi connectivity index (χ3v) is 3.23. The quantitative estimate of drug-likeness (QED) is 0.431. The van der Waals surface area contributed by atoms with Gasteiger partial charge >= 0.3 is 17.1 Å². The van der Waals surface area contributed by atoms with Crippen LogP contribution in [0.5, 0.6) is 0 Å². The van der Waals surface area contributed by atoms with Gasteiger partial charge in [-0.3, -0.25) is 0 Å². The molecule has 0 aliphatic rings. The zero-order valence-corrected chi connectivity index (χ0v) is 13.8. The first-order valence-electron chi connectivity index (χ1n) is 7.18. The summed E-state index contributed by atoms with van der Waals surface area (Å²) in [6.07, 6.45) is 0.749. The molecule has 0 aliphatic heterocycles. The zero-order valence-electron chi connectivity index (χ0n) is 12.7. The maximum absolute atomic E-state index is 5.88. The van der Waals surface area contributed by atoms with E-state index in [4.69, 9.17) is 5.73 Å². The van der Waals surface area contributed by atoms with Crippen molar-refractivity contribution in [3.05, 3.63) is 60.4 Å². The first-order chi connectivity index (χ1) is 10.8. The summed E-state index contributed by atoms with van der Waals surface area (Å²) in [6, 6.07) is 17.9. The number of anilines is 1. The van der Waals surface area contributed by atoms with Crippen LogP contribution in [0, 0.1) is 0 Å². The molecule has 0 fully saturated rings. The predicted molar refractivity (Wildman–Crippen MR) is 88.5 cm³/mol. The Labute approximate surface area is 145 Å². The Hall–Kier alpha value is -2.43. The SMILES string of the molecule is CCc1nc(N)c2[nH]c(-[c-]3cccc3)nc2n1.[Fe+2].c1cc[cH-]c1. The van der Waals surface area contributed by atoms with E-state index in [1.54, 1.807) is 0 Å². The van der Waals surface area contributed by atoms with Crippen LogP contribution in [0.15, 0.2) is 54.6 Å². The Balaban J connectivity index is 0.000000276. The van der Waals surface area contributed by atoms with Gasteiger partial charge in [0.05, 0.1) is 5.82 Å². The van der Waals surface area contributed by atoms with Gasteiger partial charge in [-0.1, -0.05) is 12.5 Å². The van der Waals surface area contributed by atoms with Gasteiger partial charge in [-0.25, -0.2) is 39.2 Å². The minimum absolute atomic E-state index is 0. The molecule has 2 aromatic carbocycles. The van der Waals surface area contributed by atoms with Crippen LogP contribution < -0.4 is 5.73 Å². The standard InChI is InChI=1S/C12H12N5.C5H5.Fe/c1-2-8-14-10(13)9-12(15-8)17-11(16-9)7-5-3-4-6-7;1-2-4-5-3-1;/h3-6H,2H2,1H3,(H3,13,14,15,16,17);1-5H;/q2*-1;+2. The van der Waals surface area contributed by atoms with Gasteiger partial charge in [-0.2, -0.15) is 30.3 Å². The molecule has 0 bridgehead atoms. The van der Waals surface area contributed by atoms with E-state index < -0.39 is 0 Å². The first kappa shape index (κ1) is 16.9. The molecular weight excluding hydrogens is 330 g/mol. The van der Waals surface area contributed by atoms with Crippen LogP contribution in [0.3, 0.4) is 0 Å². The van der Waals surface area contributed by atoms with Crippen molar-refractivity contribution in [2.75, 3.05) is 5.73 Å². The van der Waals surface area contributed by atoms with Crippen LogP contribution in [0.25, 0.3) is 22.6 Å². The van der Waals surface area contributed by atoms with E-state index in [1.165, 1.54) is 0 Å². The zero-order chi connectivity index (χ0) is 15.4. The summed E-state index contributed by atoms with van der Waals surface area (Å²) < 4.78 is 0. The maximum Gasteiger partial charge on any atom is 2.00 e. The van der Waals surface area contributed by atoms with Crippen LogP contribution in [-0.2, 0) is 23.5 Å². The summed E-state index contributed by atoms with van der Waals surface area (Å²) in [7, 11) is 0. The molecule has 0 amide bonds. The summed E-state index contributed by atoms with van der Waals surface area (Å²) in [5, 5.41) is 0. The van der Waals surface area contributed by atoms with Crippen molar-refractivity contribution < 1.29 is 17.1 Å². The minimum Gasteiger partial charge on any atom is -0.382 e. The normalized spacial score (nSPS) is 9.96. The molecule has 0 saturated heterocycles. The molecule has 6 heteroatoms. The summed E-state index contributed by atoms with van der Waals surface area (Å²) in [5.41, 5.74) is 8.24. The van der Waals surface area contributed by atoms with Crippen molar-refractivity contribution in [1.29, 1.82) is 0 Å². The van der Waals surface area contributed by atoms with Gasteiger partial charge < -0.3 is 10.7 Å². The van der Waals surface area contributed by atoms with E-state index in [-0.39, 0.29) is 17.1 Å². The van der Waals surface area contributed by atoms with E-state index in [0.29, 0.717) is 17.0 Å². The third-order valence-electron chi connectivity index (χ3n) is 3.23. The van der Waals surface area contributed by atoms with E-state index in [1.807, 2.05) is 61.5 Å². The number of nitrogens with two attached hydrogens (primary N) is 1. The Morgan fingerprint density at radius 2 is 1.78 bits per heavy atom. The van der Waals surface area contributed by atoms with Crippen LogP contribution in [0.4, 0.5) is 5.82 Å². The van der Waals surface area contributed by atoms with Gasteiger partial charge in [0, 0.05) is 6.42 Å². The van der Waals surface area contributed by atoms with Gasteiger partial charge in [0.25, 0.3) is 0 Å². The van der Waals surface area contributed by atoms with Gasteiger partial charge in [0.2, 0.25) is 0 Å². The van der Waals surface area contributed by atoms with Crippen molar-refractivity contribution >= 4 is 17.0 Å². The number of nitrogens with zero attached hydrogens (tertiary/aromatic N) is 3. The molecule has 0 aliphatic carbocycles. The number of imidazole rings is 1. The number of aryl methyl sites for hydroxylation is 1. The molecule has 0 spiro atoms. The Kier molecular flexibility index (Phi) is 5.68. The number of aromatic amines is 1. The van der Waals surface area contributed by atoms with Crippen molar-refractivity contribution in [2.24, 2.45) is 0 Å². The molecule has 5 nitrogen and oxygen atoms in total. The van der Waals surface area contributed by atoms with Crippen LogP contribution >= 0.6 is 0 Å².